The van der Waals surface area contributed by atoms with Gasteiger partial charge in [0.2, 0.25) is 0 Å². The van der Waals surface area contributed by atoms with Crippen molar-refractivity contribution in [2.75, 3.05) is 24.6 Å². The van der Waals surface area contributed by atoms with Crippen molar-refractivity contribution >= 4 is 50.9 Å². The Balaban J connectivity index is 1.77. The van der Waals surface area contributed by atoms with E-state index in [1.54, 1.807) is 0 Å². The maximum atomic E-state index is 12.7. The first-order chi connectivity index (χ1) is 11.4. The fraction of sp³-hybridized carbons (Fsp3) is 0.286. The molecule has 0 aromatic heterocycles. The predicted molar refractivity (Wildman–Crippen MR) is 94.7 cm³/mol. The smallest absolute Gasteiger partial charge is 0.310 e. The van der Waals surface area contributed by atoms with Gasteiger partial charge < -0.3 is 4.90 Å². The van der Waals surface area contributed by atoms with Crippen molar-refractivity contribution in [2.24, 2.45) is 4.99 Å². The van der Waals surface area contributed by atoms with Crippen LogP contribution < -0.4 is 0 Å². The number of halogens is 5. The van der Waals surface area contributed by atoms with E-state index >= 15 is 0 Å². The van der Waals surface area contributed by atoms with Crippen LogP contribution in [0.25, 0.3) is 6.08 Å². The van der Waals surface area contributed by atoms with E-state index in [4.69, 9.17) is 0 Å². The minimum Gasteiger partial charge on any atom is -0.349 e. The molecule has 2 heterocycles. The second kappa shape index (κ2) is 5.65. The average Bonchev–Trinajstić information content (AvgIpc) is 2.87. The first-order valence-corrected chi connectivity index (χ1v) is 11.0. The molecular formula is C14H13F5N2OS3. The van der Waals surface area contributed by atoms with Gasteiger partial charge in [-0.3, -0.25) is 4.79 Å². The number of carbonyl (C=O) groups is 1. The molecule has 0 unspecified atom stereocenters. The van der Waals surface area contributed by atoms with Crippen molar-refractivity contribution in [3.63, 3.8) is 0 Å². The Bertz CT molecular complexity index is 768. The first-order valence-electron chi connectivity index (χ1n) is 7.12. The lowest BCUT2D eigenvalue weighted by molar-refractivity contribution is -0.113. The number of carbonyl (C=O) groups excluding carboxylic acids is 1. The molecule has 1 fully saturated rings. The van der Waals surface area contributed by atoms with E-state index in [1.807, 2.05) is 16.7 Å². The molecular weight excluding hydrogens is 403 g/mol. The van der Waals surface area contributed by atoms with E-state index in [0.29, 0.717) is 17.3 Å². The van der Waals surface area contributed by atoms with Crippen molar-refractivity contribution in [3.05, 3.63) is 34.7 Å². The molecule has 2 aliphatic heterocycles. The van der Waals surface area contributed by atoms with Gasteiger partial charge >= 0.3 is 10.2 Å². The molecule has 3 rings (SSSR count). The Morgan fingerprint density at radius 1 is 1.04 bits per heavy atom. The van der Waals surface area contributed by atoms with Crippen molar-refractivity contribution in [3.8, 4) is 0 Å². The molecule has 0 radical (unpaired) electrons. The maximum Gasteiger partial charge on any atom is 0.310 e. The molecule has 0 spiro atoms. The summed E-state index contributed by atoms with van der Waals surface area (Å²) in [7, 11) is -9.68. The van der Waals surface area contributed by atoms with Gasteiger partial charge in [-0.15, -0.1) is 0 Å². The van der Waals surface area contributed by atoms with Crippen LogP contribution in [0.4, 0.5) is 19.4 Å². The standard InChI is InChI=1S/C14H13F5N2OS3/c15-25(16,17,18,19)11-3-1-10(2-4-11)9-12-13(22)20-14(24-12)21-5-7-23-8-6-21/h1-4,9H,5-8H2. The van der Waals surface area contributed by atoms with Crippen LogP contribution >= 0.6 is 33.7 Å². The summed E-state index contributed by atoms with van der Waals surface area (Å²) in [6, 6.07) is 2.51. The summed E-state index contributed by atoms with van der Waals surface area (Å²) >= 11 is 2.95. The van der Waals surface area contributed by atoms with Crippen molar-refractivity contribution in [1.82, 2.24) is 4.90 Å². The number of amides is 1. The lowest BCUT2D eigenvalue weighted by Crippen LogP contribution is -2.35. The van der Waals surface area contributed by atoms with E-state index in [9.17, 15) is 24.2 Å². The third-order valence-electron chi connectivity index (χ3n) is 3.51. The van der Waals surface area contributed by atoms with E-state index in [1.165, 1.54) is 6.08 Å². The lowest BCUT2D eigenvalue weighted by atomic mass is 10.2. The highest BCUT2D eigenvalue weighted by atomic mass is 32.5. The molecule has 1 aromatic carbocycles. The Morgan fingerprint density at radius 2 is 1.64 bits per heavy atom. The van der Waals surface area contributed by atoms with Gasteiger partial charge in [-0.25, -0.2) is 0 Å². The zero-order valence-corrected chi connectivity index (χ0v) is 15.1. The number of hydrogen-bond donors (Lipinski definition) is 0. The van der Waals surface area contributed by atoms with Gasteiger partial charge in [-0.1, -0.05) is 31.6 Å². The second-order valence-corrected chi connectivity index (χ2v) is 10.1. The quantitative estimate of drug-likeness (QED) is 0.480. The summed E-state index contributed by atoms with van der Waals surface area (Å²) < 4.78 is 63.5. The Kier molecular flexibility index (Phi) is 4.20. The van der Waals surface area contributed by atoms with Crippen LogP contribution in [0.5, 0.6) is 0 Å². The number of benzene rings is 1. The summed E-state index contributed by atoms with van der Waals surface area (Å²) in [6.07, 6.45) is 1.36. The van der Waals surface area contributed by atoms with Crippen LogP contribution in [0.1, 0.15) is 5.56 Å². The highest BCUT2D eigenvalue weighted by Crippen LogP contribution is 3.02. The largest absolute Gasteiger partial charge is 0.349 e. The molecule has 1 amide bonds. The molecule has 3 nitrogen and oxygen atoms in total. The fourth-order valence-corrected chi connectivity index (χ4v) is 4.78. The molecule has 0 saturated carbocycles. The van der Waals surface area contributed by atoms with Gasteiger partial charge in [0.15, 0.2) is 5.17 Å². The number of aliphatic imine (C=N–C) groups is 1. The normalized spacial score (nSPS) is 23.4. The van der Waals surface area contributed by atoms with Crippen LogP contribution in [-0.4, -0.2) is 40.6 Å². The summed E-state index contributed by atoms with van der Waals surface area (Å²) in [5, 5.41) is 0.570. The van der Waals surface area contributed by atoms with Crippen LogP contribution in [-0.2, 0) is 4.79 Å². The molecule has 0 atom stereocenters. The zero-order chi connectivity index (χ0) is 18.4. The predicted octanol–water partition coefficient (Wildman–Crippen LogP) is 5.36. The molecule has 138 valence electrons. The van der Waals surface area contributed by atoms with Gasteiger partial charge in [0.05, 0.1) is 4.91 Å². The highest BCUT2D eigenvalue weighted by molar-refractivity contribution is 8.45. The average molecular weight is 416 g/mol. The first kappa shape index (κ1) is 18.6. The Labute approximate surface area is 149 Å². The van der Waals surface area contributed by atoms with Gasteiger partial charge in [0, 0.05) is 24.6 Å². The van der Waals surface area contributed by atoms with E-state index < -0.39 is 21.0 Å². The zero-order valence-electron chi connectivity index (χ0n) is 12.6. The van der Waals surface area contributed by atoms with Crippen LogP contribution in [0.15, 0.2) is 39.1 Å². The molecule has 0 N–H and O–H groups in total. The Morgan fingerprint density at radius 3 is 2.20 bits per heavy atom. The third kappa shape index (κ3) is 4.50. The van der Waals surface area contributed by atoms with Gasteiger partial charge in [0.25, 0.3) is 5.91 Å². The van der Waals surface area contributed by atoms with E-state index in [-0.39, 0.29) is 10.5 Å². The topological polar surface area (TPSA) is 32.7 Å². The van der Waals surface area contributed by atoms with Crippen molar-refractivity contribution in [2.45, 2.75) is 4.90 Å². The Hall–Kier alpha value is -1.20. The molecule has 2 aliphatic rings. The summed E-state index contributed by atoms with van der Waals surface area (Å²) in [4.78, 5) is 16.2. The minimum absolute atomic E-state index is 0.229. The maximum absolute atomic E-state index is 12.7. The number of thioether (sulfide) groups is 2. The van der Waals surface area contributed by atoms with E-state index in [2.05, 4.69) is 4.99 Å². The van der Waals surface area contributed by atoms with Crippen LogP contribution in [0, 0.1) is 0 Å². The third-order valence-corrected chi connectivity index (χ3v) is 6.66. The van der Waals surface area contributed by atoms with Crippen molar-refractivity contribution in [1.29, 1.82) is 0 Å². The summed E-state index contributed by atoms with van der Waals surface area (Å²) in [5.41, 5.74) is 0.229. The minimum atomic E-state index is -9.68. The lowest BCUT2D eigenvalue weighted by Gasteiger charge is -2.40. The number of hydrogen-bond acceptors (Lipinski definition) is 4. The van der Waals surface area contributed by atoms with Gasteiger partial charge in [0.1, 0.15) is 4.90 Å². The summed E-state index contributed by atoms with van der Waals surface area (Å²) in [6.45, 7) is 1.55. The number of amidine groups is 1. The molecule has 25 heavy (non-hydrogen) atoms. The molecule has 1 aromatic rings. The van der Waals surface area contributed by atoms with Crippen LogP contribution in [0.3, 0.4) is 0 Å². The SMILES string of the molecule is O=C1N=C(N2CCSCC2)SC1=Cc1ccc(S(F)(F)(F)(F)F)cc1. The molecule has 0 aliphatic carbocycles. The highest BCUT2D eigenvalue weighted by Gasteiger charge is 2.65. The van der Waals surface area contributed by atoms with Gasteiger partial charge in [-0.05, 0) is 35.5 Å². The molecule has 0 bridgehead atoms. The fourth-order valence-electron chi connectivity index (χ4n) is 2.26. The monoisotopic (exact) mass is 416 g/mol. The second-order valence-electron chi connectivity index (χ2n) is 5.45. The number of rotatable bonds is 2. The van der Waals surface area contributed by atoms with Gasteiger partial charge in [-0.2, -0.15) is 16.8 Å². The summed E-state index contributed by atoms with van der Waals surface area (Å²) in [5.74, 6) is 1.39. The van der Waals surface area contributed by atoms with E-state index in [0.717, 1.165) is 48.5 Å². The molecule has 1 saturated heterocycles. The van der Waals surface area contributed by atoms with Crippen LogP contribution in [0.2, 0.25) is 0 Å². The molecule has 11 heteroatoms. The number of nitrogens with zero attached hydrogens (tertiary/aromatic N) is 2. The van der Waals surface area contributed by atoms with Crippen molar-refractivity contribution < 1.29 is 24.2 Å².